The van der Waals surface area contributed by atoms with Crippen LogP contribution < -0.4 is 4.74 Å². The van der Waals surface area contributed by atoms with Crippen LogP contribution in [0.15, 0.2) is 170 Å². The third kappa shape index (κ3) is 3.94. The molecule has 0 aliphatic carbocycles. The minimum absolute atomic E-state index is 0.921. The first-order chi connectivity index (χ1) is 24.3. The molecule has 0 radical (unpaired) electrons. The fourth-order valence-corrected chi connectivity index (χ4v) is 8.22. The van der Waals surface area contributed by atoms with Crippen molar-refractivity contribution < 1.29 is 4.74 Å². The lowest BCUT2D eigenvalue weighted by molar-refractivity contribution is 0.489. The predicted octanol–water partition coefficient (Wildman–Crippen LogP) is 13.7. The number of hydrogen-bond donors (Lipinski definition) is 0. The summed E-state index contributed by atoms with van der Waals surface area (Å²) in [6.45, 7) is 0. The van der Waals surface area contributed by atoms with Gasteiger partial charge in [0.15, 0.2) is 0 Å². The maximum absolute atomic E-state index is 6.82. The SMILES string of the molecule is c1cc(-c2ccc3cc(-c4ccc5ccc6c7ccccc7ccc6c5c4)ccc3c2)c2c(c1)-c1cccc3c1c(cc1ccccc13)O2. The second kappa shape index (κ2) is 10.0. The van der Waals surface area contributed by atoms with Crippen LogP contribution in [0.1, 0.15) is 0 Å². The lowest BCUT2D eigenvalue weighted by Crippen LogP contribution is -1.99. The molecule has 1 nitrogen and oxygen atoms in total. The average Bonchev–Trinajstić information content (AvgIpc) is 3.17. The topological polar surface area (TPSA) is 9.23 Å². The molecule has 0 spiro atoms. The van der Waals surface area contributed by atoms with Crippen molar-refractivity contribution in [2.75, 3.05) is 0 Å². The summed E-state index contributed by atoms with van der Waals surface area (Å²) in [7, 11) is 0. The molecule has 10 aromatic carbocycles. The largest absolute Gasteiger partial charge is 0.455 e. The third-order valence-electron chi connectivity index (χ3n) is 10.6. The van der Waals surface area contributed by atoms with Crippen LogP contribution in [0, 0.1) is 0 Å². The van der Waals surface area contributed by atoms with Gasteiger partial charge in [0.1, 0.15) is 11.5 Å². The fourth-order valence-electron chi connectivity index (χ4n) is 8.22. The smallest absolute Gasteiger partial charge is 0.143 e. The monoisotopic (exact) mass is 620 g/mol. The molecule has 0 amide bonds. The Kier molecular flexibility index (Phi) is 5.45. The van der Waals surface area contributed by atoms with Crippen LogP contribution in [-0.4, -0.2) is 0 Å². The summed E-state index contributed by atoms with van der Waals surface area (Å²) in [5.41, 5.74) is 7.06. The Morgan fingerprint density at radius 1 is 0.286 bits per heavy atom. The van der Waals surface area contributed by atoms with E-state index >= 15 is 0 Å². The summed E-state index contributed by atoms with van der Waals surface area (Å²) in [5.74, 6) is 1.84. The van der Waals surface area contributed by atoms with Gasteiger partial charge >= 0.3 is 0 Å². The standard InChI is InChI=1S/C48H28O/c1-3-9-37-29(7-1)21-24-41-40(37)23-22-30-15-16-34(27-45(30)41)32-17-18-33-26-36(20-19-31(33)25-32)39-11-5-14-44-43-13-6-12-42-38-10-4-2-8-35(38)28-46(47(42)43)49-48(39)44/h1-28H. The molecule has 0 unspecified atom stereocenters. The highest BCUT2D eigenvalue weighted by atomic mass is 16.5. The number of para-hydroxylation sites is 1. The molecule has 0 aromatic heterocycles. The van der Waals surface area contributed by atoms with Crippen LogP contribution in [0.5, 0.6) is 11.5 Å². The first-order valence-corrected chi connectivity index (χ1v) is 16.9. The second-order valence-corrected chi connectivity index (χ2v) is 13.3. The highest BCUT2D eigenvalue weighted by Gasteiger charge is 2.24. The van der Waals surface area contributed by atoms with Crippen LogP contribution in [0.2, 0.25) is 0 Å². The highest BCUT2D eigenvalue weighted by molar-refractivity contribution is 6.18. The summed E-state index contributed by atoms with van der Waals surface area (Å²) in [6, 6.07) is 62.1. The maximum Gasteiger partial charge on any atom is 0.143 e. The molecule has 49 heavy (non-hydrogen) atoms. The van der Waals surface area contributed by atoms with Gasteiger partial charge in [-0.1, -0.05) is 146 Å². The van der Waals surface area contributed by atoms with E-state index in [2.05, 4.69) is 170 Å². The Morgan fingerprint density at radius 3 is 1.67 bits per heavy atom. The van der Waals surface area contributed by atoms with Gasteiger partial charge in [0, 0.05) is 16.5 Å². The molecular weight excluding hydrogens is 593 g/mol. The summed E-state index contributed by atoms with van der Waals surface area (Å²) in [4.78, 5) is 0. The van der Waals surface area contributed by atoms with E-state index in [9.17, 15) is 0 Å². The van der Waals surface area contributed by atoms with E-state index in [1.807, 2.05) is 0 Å². The molecule has 0 atom stereocenters. The molecule has 0 fully saturated rings. The zero-order valence-corrected chi connectivity index (χ0v) is 26.6. The highest BCUT2D eigenvalue weighted by Crippen LogP contribution is 2.51. The van der Waals surface area contributed by atoms with Gasteiger partial charge in [-0.15, -0.1) is 0 Å². The first-order valence-electron chi connectivity index (χ1n) is 16.9. The van der Waals surface area contributed by atoms with Crippen molar-refractivity contribution in [2.24, 2.45) is 0 Å². The molecule has 1 heteroatoms. The van der Waals surface area contributed by atoms with E-state index in [0.29, 0.717) is 0 Å². The molecule has 1 aliphatic heterocycles. The number of fused-ring (bicyclic) bond motifs is 10. The summed E-state index contributed by atoms with van der Waals surface area (Å²) in [6.07, 6.45) is 0. The molecule has 0 N–H and O–H groups in total. The van der Waals surface area contributed by atoms with Crippen molar-refractivity contribution in [3.05, 3.63) is 170 Å². The van der Waals surface area contributed by atoms with Crippen LogP contribution in [0.3, 0.4) is 0 Å². The summed E-state index contributed by atoms with van der Waals surface area (Å²) >= 11 is 0. The summed E-state index contributed by atoms with van der Waals surface area (Å²) < 4.78 is 6.82. The number of rotatable bonds is 2. The fraction of sp³-hybridized carbons (Fsp3) is 0. The van der Waals surface area contributed by atoms with Crippen molar-refractivity contribution in [1.29, 1.82) is 0 Å². The molecule has 0 saturated carbocycles. The predicted molar refractivity (Wildman–Crippen MR) is 208 cm³/mol. The molecule has 10 aromatic rings. The Morgan fingerprint density at radius 2 is 0.837 bits per heavy atom. The van der Waals surface area contributed by atoms with Gasteiger partial charge < -0.3 is 4.74 Å². The number of hydrogen-bond acceptors (Lipinski definition) is 1. The van der Waals surface area contributed by atoms with Crippen molar-refractivity contribution in [3.8, 4) is 44.9 Å². The molecule has 0 bridgehead atoms. The minimum Gasteiger partial charge on any atom is -0.455 e. The van der Waals surface area contributed by atoms with Crippen molar-refractivity contribution >= 4 is 64.6 Å². The van der Waals surface area contributed by atoms with Gasteiger partial charge in [-0.25, -0.2) is 0 Å². The second-order valence-electron chi connectivity index (χ2n) is 13.3. The minimum atomic E-state index is 0.921. The Balaban J connectivity index is 1.01. The lowest BCUT2D eigenvalue weighted by atomic mass is 9.89. The van der Waals surface area contributed by atoms with Crippen LogP contribution >= 0.6 is 0 Å². The Bertz CT molecular complexity index is 3020. The van der Waals surface area contributed by atoms with E-state index in [0.717, 1.165) is 28.2 Å². The summed E-state index contributed by atoms with van der Waals surface area (Å²) in [5, 5.41) is 15.0. The van der Waals surface area contributed by atoms with Gasteiger partial charge in [-0.3, -0.25) is 0 Å². The van der Waals surface area contributed by atoms with E-state index < -0.39 is 0 Å². The lowest BCUT2D eigenvalue weighted by Gasteiger charge is -2.24. The van der Waals surface area contributed by atoms with Crippen LogP contribution in [0.4, 0.5) is 0 Å². The Labute approximate surface area is 283 Å². The van der Waals surface area contributed by atoms with E-state index in [1.165, 1.54) is 81.3 Å². The molecular formula is C48H28O. The van der Waals surface area contributed by atoms with Crippen molar-refractivity contribution in [3.63, 3.8) is 0 Å². The quantitative estimate of drug-likeness (QED) is 0.175. The average molecular weight is 621 g/mol. The van der Waals surface area contributed by atoms with E-state index in [4.69, 9.17) is 4.74 Å². The van der Waals surface area contributed by atoms with Gasteiger partial charge in [0.05, 0.1) is 0 Å². The zero-order chi connectivity index (χ0) is 32.1. The van der Waals surface area contributed by atoms with E-state index in [1.54, 1.807) is 0 Å². The van der Waals surface area contributed by atoms with Gasteiger partial charge in [-0.05, 0) is 106 Å². The van der Waals surface area contributed by atoms with Crippen LogP contribution in [-0.2, 0) is 0 Å². The van der Waals surface area contributed by atoms with Crippen molar-refractivity contribution in [2.45, 2.75) is 0 Å². The zero-order valence-electron chi connectivity index (χ0n) is 26.6. The van der Waals surface area contributed by atoms with Gasteiger partial charge in [0.25, 0.3) is 0 Å². The normalized spacial score (nSPS) is 12.2. The number of ether oxygens (including phenoxy) is 1. The Hall–Kier alpha value is -6.44. The molecule has 1 aliphatic rings. The molecule has 11 rings (SSSR count). The van der Waals surface area contributed by atoms with Crippen molar-refractivity contribution in [1.82, 2.24) is 0 Å². The first kappa shape index (κ1) is 26.6. The molecule has 226 valence electrons. The number of benzene rings is 10. The third-order valence-corrected chi connectivity index (χ3v) is 10.6. The van der Waals surface area contributed by atoms with Crippen LogP contribution in [0.25, 0.3) is 98.0 Å². The van der Waals surface area contributed by atoms with Gasteiger partial charge in [0.2, 0.25) is 0 Å². The van der Waals surface area contributed by atoms with E-state index in [-0.39, 0.29) is 0 Å². The molecule has 0 saturated heterocycles. The molecule has 1 heterocycles. The van der Waals surface area contributed by atoms with Gasteiger partial charge in [-0.2, -0.15) is 0 Å². The maximum atomic E-state index is 6.82.